The van der Waals surface area contributed by atoms with Crippen molar-refractivity contribution >= 4 is 34.9 Å². The third kappa shape index (κ3) is 17.0. The number of anilines is 6. The number of ether oxygens (including phenoxy) is 12. The van der Waals surface area contributed by atoms with Gasteiger partial charge in [0, 0.05) is 55.1 Å². The van der Waals surface area contributed by atoms with E-state index >= 15 is 0 Å². The Morgan fingerprint density at radius 3 is 0.857 bits per heavy atom. The molecule has 0 aliphatic carbocycles. The molecule has 1 heterocycles. The maximum absolute atomic E-state index is 6.09. The number of rotatable bonds is 33. The summed E-state index contributed by atoms with van der Waals surface area (Å²) in [6.07, 6.45) is 0. The van der Waals surface area contributed by atoms with Crippen molar-refractivity contribution in [3.8, 4) is 34.5 Å². The molecule has 0 aliphatic rings. The lowest BCUT2D eigenvalue weighted by molar-refractivity contribution is 0.0401. The number of methoxy groups -OCH3 is 3. The molecule has 3 N–H and O–H groups in total. The largest absolute Gasteiger partial charge is 0.493 e. The van der Waals surface area contributed by atoms with Crippen molar-refractivity contribution in [2.45, 2.75) is 41.5 Å². The van der Waals surface area contributed by atoms with Gasteiger partial charge in [0.2, 0.25) is 17.8 Å². The predicted molar refractivity (Wildman–Crippen MR) is 241 cm³/mol. The van der Waals surface area contributed by atoms with Crippen LogP contribution in [-0.2, 0) is 28.4 Å². The first-order valence-electron chi connectivity index (χ1n) is 21.2. The number of hydrogen-bond donors (Lipinski definition) is 3. The zero-order valence-electron chi connectivity index (χ0n) is 38.3. The highest BCUT2D eigenvalue weighted by atomic mass is 16.6. The maximum Gasteiger partial charge on any atom is 0.233 e. The van der Waals surface area contributed by atoms with Crippen LogP contribution in [0.15, 0.2) is 36.4 Å². The minimum atomic E-state index is 0.243. The quantitative estimate of drug-likeness (QED) is 0.0403. The van der Waals surface area contributed by atoms with E-state index in [0.29, 0.717) is 151 Å². The summed E-state index contributed by atoms with van der Waals surface area (Å²) in [5.41, 5.74) is 4.64. The van der Waals surface area contributed by atoms with Crippen LogP contribution in [0.4, 0.5) is 34.9 Å². The smallest absolute Gasteiger partial charge is 0.233 e. The molecule has 0 saturated carbocycles. The van der Waals surface area contributed by atoms with Gasteiger partial charge in [0.15, 0.2) is 34.5 Å². The van der Waals surface area contributed by atoms with Crippen LogP contribution in [0.5, 0.6) is 34.5 Å². The van der Waals surface area contributed by atoms with E-state index in [2.05, 4.69) is 16.0 Å². The molecule has 63 heavy (non-hydrogen) atoms. The highest BCUT2D eigenvalue weighted by Gasteiger charge is 2.17. The summed E-state index contributed by atoms with van der Waals surface area (Å²) in [5.74, 6) is 4.01. The average Bonchev–Trinajstić information content (AvgIpc) is 3.28. The van der Waals surface area contributed by atoms with Crippen molar-refractivity contribution in [2.75, 3.05) is 136 Å². The van der Waals surface area contributed by atoms with Crippen LogP contribution in [0, 0.1) is 20.8 Å². The van der Waals surface area contributed by atoms with E-state index in [1.165, 1.54) is 0 Å². The summed E-state index contributed by atoms with van der Waals surface area (Å²) in [5, 5.41) is 10.1. The molecule has 0 saturated heterocycles. The van der Waals surface area contributed by atoms with Crippen LogP contribution in [0.25, 0.3) is 0 Å². The van der Waals surface area contributed by atoms with E-state index in [0.717, 1.165) is 16.7 Å². The molecule has 0 spiro atoms. The van der Waals surface area contributed by atoms with Crippen molar-refractivity contribution in [1.29, 1.82) is 0 Å². The molecule has 348 valence electrons. The van der Waals surface area contributed by atoms with Crippen LogP contribution in [0.1, 0.15) is 37.5 Å². The van der Waals surface area contributed by atoms with Gasteiger partial charge in [-0.15, -0.1) is 0 Å². The average molecular weight is 883 g/mol. The molecule has 0 amide bonds. The number of benzene rings is 3. The Morgan fingerprint density at radius 1 is 0.349 bits per heavy atom. The molecule has 0 bridgehead atoms. The van der Waals surface area contributed by atoms with E-state index in [-0.39, 0.29) is 17.8 Å². The van der Waals surface area contributed by atoms with E-state index in [4.69, 9.17) is 71.8 Å². The molecule has 0 radical (unpaired) electrons. The highest BCUT2D eigenvalue weighted by molar-refractivity contribution is 5.70. The fourth-order valence-corrected chi connectivity index (χ4v) is 5.84. The van der Waals surface area contributed by atoms with E-state index < -0.39 is 0 Å². The Labute approximate surface area is 371 Å². The van der Waals surface area contributed by atoms with Crippen LogP contribution in [0.2, 0.25) is 0 Å². The lowest BCUT2D eigenvalue weighted by Crippen LogP contribution is -2.12. The first-order valence-corrected chi connectivity index (χ1v) is 21.2. The Morgan fingerprint density at radius 2 is 0.603 bits per heavy atom. The number of hydrogen-bond acceptors (Lipinski definition) is 18. The first kappa shape index (κ1) is 50.3. The summed E-state index contributed by atoms with van der Waals surface area (Å²) in [7, 11) is 4.79. The predicted octanol–water partition coefficient (Wildman–Crippen LogP) is 7.35. The van der Waals surface area contributed by atoms with Crippen LogP contribution >= 0.6 is 0 Å². The molecule has 18 nitrogen and oxygen atoms in total. The third-order valence-electron chi connectivity index (χ3n) is 9.09. The first-order chi connectivity index (χ1) is 30.7. The zero-order valence-corrected chi connectivity index (χ0v) is 38.3. The normalized spacial score (nSPS) is 11.0. The van der Waals surface area contributed by atoms with E-state index in [9.17, 15) is 0 Å². The molecule has 0 unspecified atom stereocenters. The second-order valence-electron chi connectivity index (χ2n) is 13.6. The fourth-order valence-electron chi connectivity index (χ4n) is 5.84. The molecule has 4 rings (SSSR count). The van der Waals surface area contributed by atoms with Gasteiger partial charge >= 0.3 is 0 Å². The number of nitrogens with zero attached hydrogens (tertiary/aromatic N) is 3. The summed E-state index contributed by atoms with van der Waals surface area (Å²) in [6, 6.07) is 11.2. The second kappa shape index (κ2) is 28.3. The Hall–Kier alpha value is -5.37. The fraction of sp³-hybridized carbons (Fsp3) is 0.533. The molecular formula is C45H66N6O12. The molecule has 0 fully saturated rings. The number of nitrogens with one attached hydrogen (secondary N) is 3. The number of aryl methyl sites for hydroxylation is 3. The Bertz CT molecular complexity index is 1730. The molecular weight excluding hydrogens is 817 g/mol. The molecule has 1 aromatic heterocycles. The van der Waals surface area contributed by atoms with Gasteiger partial charge in [-0.1, -0.05) is 0 Å². The van der Waals surface area contributed by atoms with Gasteiger partial charge in [-0.05, 0) is 76.4 Å². The Kier molecular flexibility index (Phi) is 22.6. The summed E-state index contributed by atoms with van der Waals surface area (Å²) >= 11 is 0. The van der Waals surface area contributed by atoms with Gasteiger partial charge in [-0.25, -0.2) is 0 Å². The van der Waals surface area contributed by atoms with Gasteiger partial charge < -0.3 is 72.8 Å². The topological polar surface area (TPSA) is 186 Å². The Balaban J connectivity index is 1.64. The monoisotopic (exact) mass is 882 g/mol. The van der Waals surface area contributed by atoms with Gasteiger partial charge in [0.1, 0.15) is 19.8 Å². The number of aromatic nitrogens is 3. The lowest BCUT2D eigenvalue weighted by atomic mass is 10.1. The van der Waals surface area contributed by atoms with E-state index in [1.54, 1.807) is 21.3 Å². The third-order valence-corrected chi connectivity index (χ3v) is 9.09. The molecule has 4 aromatic rings. The van der Waals surface area contributed by atoms with Crippen molar-refractivity contribution in [2.24, 2.45) is 0 Å². The van der Waals surface area contributed by atoms with Crippen LogP contribution in [0.3, 0.4) is 0 Å². The van der Waals surface area contributed by atoms with E-state index in [1.807, 2.05) is 77.9 Å². The standard InChI is InChI=1S/C45H66N6O12/c1-10-55-13-16-58-19-22-61-40-28-34(31(4)25-37(40)52-7)46-43-49-44(47-35-29-41(38(53-8)26-32(35)5)62-23-20-59-17-14-56-11-2)51-45(50-43)48-36-30-42(39(54-9)27-33(36)6)63-24-21-60-18-15-57-12-3/h25-30H,10-24H2,1-9H3,(H3,46,47,48,49,50,51). The lowest BCUT2D eigenvalue weighted by Gasteiger charge is -2.18. The summed E-state index contributed by atoms with van der Waals surface area (Å²) in [4.78, 5) is 14.4. The van der Waals surface area contributed by atoms with Crippen LogP contribution < -0.4 is 44.4 Å². The van der Waals surface area contributed by atoms with Crippen molar-refractivity contribution in [3.63, 3.8) is 0 Å². The van der Waals surface area contributed by atoms with Crippen molar-refractivity contribution in [1.82, 2.24) is 15.0 Å². The molecule has 3 aromatic carbocycles. The van der Waals surface area contributed by atoms with Gasteiger partial charge in [-0.2, -0.15) is 15.0 Å². The molecule has 0 atom stereocenters. The zero-order chi connectivity index (χ0) is 45.2. The molecule has 0 aliphatic heterocycles. The highest BCUT2D eigenvalue weighted by Crippen LogP contribution is 2.38. The minimum absolute atomic E-state index is 0.243. The van der Waals surface area contributed by atoms with Crippen molar-refractivity contribution < 1.29 is 56.8 Å². The van der Waals surface area contributed by atoms with Gasteiger partial charge in [-0.3, -0.25) is 0 Å². The van der Waals surface area contributed by atoms with Gasteiger partial charge in [0.25, 0.3) is 0 Å². The van der Waals surface area contributed by atoms with Gasteiger partial charge in [0.05, 0.1) is 80.8 Å². The second-order valence-corrected chi connectivity index (χ2v) is 13.6. The minimum Gasteiger partial charge on any atom is -0.493 e. The maximum atomic E-state index is 6.09. The summed E-state index contributed by atoms with van der Waals surface area (Å²) < 4.78 is 68.2. The SMILES string of the molecule is CCOCCOCCOc1cc(Nc2nc(Nc3cc(OCCOCCOCC)c(OC)cc3C)nc(Nc3cc(OCCOCCOCC)c(OC)cc3C)n2)c(C)cc1OC. The van der Waals surface area contributed by atoms with Crippen molar-refractivity contribution in [3.05, 3.63) is 53.1 Å². The summed E-state index contributed by atoms with van der Waals surface area (Å²) in [6.45, 7) is 18.6. The molecule has 18 heteroatoms. The van der Waals surface area contributed by atoms with Crippen LogP contribution in [-0.4, -0.2) is 135 Å².